The van der Waals surface area contributed by atoms with E-state index in [2.05, 4.69) is 0 Å². The Morgan fingerprint density at radius 1 is 0.912 bits per heavy atom. The number of benzene rings is 3. The summed E-state index contributed by atoms with van der Waals surface area (Å²) in [5.74, 6) is -0.814. The van der Waals surface area contributed by atoms with E-state index < -0.39 is 17.7 Å². The van der Waals surface area contributed by atoms with Crippen molar-refractivity contribution >= 4 is 34.7 Å². The van der Waals surface area contributed by atoms with Gasteiger partial charge in [-0.3, -0.25) is 14.5 Å². The van der Waals surface area contributed by atoms with Crippen molar-refractivity contribution in [2.24, 2.45) is 0 Å². The summed E-state index contributed by atoms with van der Waals surface area (Å²) in [5, 5.41) is 11.6. The van der Waals surface area contributed by atoms with Gasteiger partial charge in [-0.2, -0.15) is 0 Å². The first-order valence-corrected chi connectivity index (χ1v) is 11.0. The minimum atomic E-state index is -0.839. The van der Waals surface area contributed by atoms with E-state index in [4.69, 9.17) is 21.1 Å². The SMILES string of the molecule is COc1ccc(C2/C(=C(/O)c3ccc(Cl)c(OC)c3)C(=O)C(=O)N2c2cc(C)cc(C)c2)cc1. The van der Waals surface area contributed by atoms with Crippen LogP contribution in [0.1, 0.15) is 28.3 Å². The second-order valence-electron chi connectivity index (χ2n) is 8.14. The van der Waals surface area contributed by atoms with E-state index in [0.717, 1.165) is 11.1 Å². The van der Waals surface area contributed by atoms with Gasteiger partial charge < -0.3 is 14.6 Å². The summed E-state index contributed by atoms with van der Waals surface area (Å²) in [5.41, 5.74) is 3.44. The number of ether oxygens (including phenoxy) is 2. The number of hydrogen-bond acceptors (Lipinski definition) is 5. The molecule has 1 saturated heterocycles. The summed E-state index contributed by atoms with van der Waals surface area (Å²) in [4.78, 5) is 28.1. The number of Topliss-reactive ketones (excluding diaryl/α,β-unsaturated/α-hetero) is 1. The number of rotatable bonds is 5. The fourth-order valence-corrected chi connectivity index (χ4v) is 4.45. The number of aliphatic hydroxyl groups is 1. The van der Waals surface area contributed by atoms with Gasteiger partial charge in [0.2, 0.25) is 0 Å². The van der Waals surface area contributed by atoms with Gasteiger partial charge in [0.25, 0.3) is 11.7 Å². The monoisotopic (exact) mass is 477 g/mol. The Labute approximate surface area is 203 Å². The number of carbonyl (C=O) groups is 2. The highest BCUT2D eigenvalue weighted by molar-refractivity contribution is 6.51. The second kappa shape index (κ2) is 9.23. The van der Waals surface area contributed by atoms with Crippen LogP contribution < -0.4 is 14.4 Å². The Balaban J connectivity index is 1.96. The van der Waals surface area contributed by atoms with Gasteiger partial charge in [0.15, 0.2) is 0 Å². The zero-order chi connectivity index (χ0) is 24.6. The summed E-state index contributed by atoms with van der Waals surface area (Å²) < 4.78 is 10.5. The molecule has 1 unspecified atom stereocenters. The zero-order valence-corrected chi connectivity index (χ0v) is 20.0. The van der Waals surface area contributed by atoms with Crippen LogP contribution in [0.25, 0.3) is 5.76 Å². The lowest BCUT2D eigenvalue weighted by Gasteiger charge is -2.26. The molecule has 6 nitrogen and oxygen atoms in total. The Kier molecular flexibility index (Phi) is 6.35. The van der Waals surface area contributed by atoms with Crippen molar-refractivity contribution in [3.8, 4) is 11.5 Å². The Bertz CT molecular complexity index is 1290. The van der Waals surface area contributed by atoms with E-state index in [0.29, 0.717) is 33.3 Å². The van der Waals surface area contributed by atoms with Gasteiger partial charge in [0, 0.05) is 11.3 Å². The predicted molar refractivity (Wildman–Crippen MR) is 132 cm³/mol. The largest absolute Gasteiger partial charge is 0.507 e. The summed E-state index contributed by atoms with van der Waals surface area (Å²) >= 11 is 6.13. The van der Waals surface area contributed by atoms with Crippen molar-refractivity contribution in [2.45, 2.75) is 19.9 Å². The molecule has 0 radical (unpaired) electrons. The van der Waals surface area contributed by atoms with Gasteiger partial charge >= 0.3 is 0 Å². The summed E-state index contributed by atoms with van der Waals surface area (Å²) in [7, 11) is 3.02. The Hall–Kier alpha value is -3.77. The molecule has 1 atom stereocenters. The normalized spacial score (nSPS) is 17.2. The van der Waals surface area contributed by atoms with Crippen LogP contribution in [0.4, 0.5) is 5.69 Å². The number of halogens is 1. The van der Waals surface area contributed by atoms with Crippen LogP contribution in [0.15, 0.2) is 66.2 Å². The number of aliphatic hydroxyl groups excluding tert-OH is 1. The molecule has 34 heavy (non-hydrogen) atoms. The molecule has 0 aromatic heterocycles. The van der Waals surface area contributed by atoms with Crippen LogP contribution in [0.3, 0.4) is 0 Å². The number of hydrogen-bond donors (Lipinski definition) is 1. The van der Waals surface area contributed by atoms with E-state index in [1.807, 2.05) is 32.0 Å². The fourth-order valence-electron chi connectivity index (χ4n) is 4.25. The van der Waals surface area contributed by atoms with Crippen molar-refractivity contribution < 1.29 is 24.2 Å². The third-order valence-corrected chi connectivity index (χ3v) is 6.10. The molecule has 4 rings (SSSR count). The van der Waals surface area contributed by atoms with Crippen LogP contribution in [-0.2, 0) is 9.59 Å². The van der Waals surface area contributed by atoms with E-state index in [1.54, 1.807) is 43.5 Å². The van der Waals surface area contributed by atoms with Gasteiger partial charge in [-0.15, -0.1) is 0 Å². The minimum absolute atomic E-state index is 0.0151. The predicted octanol–water partition coefficient (Wildman–Crippen LogP) is 5.60. The molecule has 0 spiro atoms. The number of carbonyl (C=O) groups excluding carboxylic acids is 2. The number of methoxy groups -OCH3 is 2. The average Bonchev–Trinajstić information content (AvgIpc) is 3.08. The molecule has 0 aliphatic carbocycles. The highest BCUT2D eigenvalue weighted by atomic mass is 35.5. The smallest absolute Gasteiger partial charge is 0.300 e. The first kappa shape index (κ1) is 23.4. The molecule has 0 bridgehead atoms. The van der Waals surface area contributed by atoms with Gasteiger partial charge in [0.05, 0.1) is 30.9 Å². The highest BCUT2D eigenvalue weighted by Gasteiger charge is 2.47. The van der Waals surface area contributed by atoms with Gasteiger partial charge in [-0.1, -0.05) is 29.8 Å². The van der Waals surface area contributed by atoms with Crippen LogP contribution in [0, 0.1) is 13.8 Å². The molecule has 3 aromatic rings. The van der Waals surface area contributed by atoms with Crippen LogP contribution in [0.2, 0.25) is 5.02 Å². The maximum Gasteiger partial charge on any atom is 0.300 e. The fraction of sp³-hybridized carbons (Fsp3) is 0.185. The number of ketones is 1. The van der Waals surface area contributed by atoms with E-state index in [9.17, 15) is 14.7 Å². The second-order valence-corrected chi connectivity index (χ2v) is 8.54. The Morgan fingerprint density at radius 3 is 2.15 bits per heavy atom. The molecule has 1 aliphatic heterocycles. The molecule has 7 heteroatoms. The van der Waals surface area contributed by atoms with Crippen molar-refractivity contribution in [2.75, 3.05) is 19.1 Å². The van der Waals surface area contributed by atoms with Crippen molar-refractivity contribution in [3.63, 3.8) is 0 Å². The van der Waals surface area contributed by atoms with Crippen molar-refractivity contribution in [1.29, 1.82) is 0 Å². The van der Waals surface area contributed by atoms with E-state index in [-0.39, 0.29) is 11.3 Å². The lowest BCUT2D eigenvalue weighted by atomic mass is 9.95. The molecule has 1 N–H and O–H groups in total. The highest BCUT2D eigenvalue weighted by Crippen LogP contribution is 2.43. The quantitative estimate of drug-likeness (QED) is 0.294. The molecular weight excluding hydrogens is 454 g/mol. The number of amides is 1. The third-order valence-electron chi connectivity index (χ3n) is 5.79. The lowest BCUT2D eigenvalue weighted by Crippen LogP contribution is -2.29. The Morgan fingerprint density at radius 2 is 1.56 bits per heavy atom. The molecule has 1 amide bonds. The van der Waals surface area contributed by atoms with Crippen LogP contribution >= 0.6 is 11.6 Å². The summed E-state index contributed by atoms with van der Waals surface area (Å²) in [6.45, 7) is 3.85. The van der Waals surface area contributed by atoms with Crippen LogP contribution in [-0.4, -0.2) is 31.0 Å². The van der Waals surface area contributed by atoms with Gasteiger partial charge in [0.1, 0.15) is 17.3 Å². The first-order chi connectivity index (χ1) is 16.2. The van der Waals surface area contributed by atoms with E-state index >= 15 is 0 Å². The lowest BCUT2D eigenvalue weighted by molar-refractivity contribution is -0.132. The molecule has 0 saturated carbocycles. The van der Waals surface area contributed by atoms with Crippen LogP contribution in [0.5, 0.6) is 11.5 Å². The number of nitrogens with zero attached hydrogens (tertiary/aromatic N) is 1. The summed E-state index contributed by atoms with van der Waals surface area (Å²) in [6.07, 6.45) is 0. The average molecular weight is 478 g/mol. The van der Waals surface area contributed by atoms with E-state index in [1.165, 1.54) is 18.1 Å². The molecule has 1 heterocycles. The molecule has 174 valence electrons. The molecule has 1 aliphatic rings. The van der Waals surface area contributed by atoms with Crippen molar-refractivity contribution in [1.82, 2.24) is 0 Å². The van der Waals surface area contributed by atoms with Gasteiger partial charge in [-0.25, -0.2) is 0 Å². The standard InChI is InChI=1S/C27H24ClNO5/c1-15-11-16(2)13-19(12-15)29-24(17-5-8-20(33-3)9-6-17)23(26(31)27(29)32)25(30)18-7-10-21(28)22(14-18)34-4/h5-14,24,30H,1-4H3/b25-23-. The zero-order valence-electron chi connectivity index (χ0n) is 19.3. The molecular formula is C27H24ClNO5. The maximum atomic E-state index is 13.3. The maximum absolute atomic E-state index is 13.3. The first-order valence-electron chi connectivity index (χ1n) is 10.6. The number of anilines is 1. The molecule has 1 fully saturated rings. The van der Waals surface area contributed by atoms with Gasteiger partial charge in [-0.05, 0) is 73.0 Å². The number of aryl methyl sites for hydroxylation is 2. The van der Waals surface area contributed by atoms with Crippen molar-refractivity contribution in [3.05, 3.63) is 93.5 Å². The molecule has 3 aromatic carbocycles. The minimum Gasteiger partial charge on any atom is -0.507 e. The third kappa shape index (κ3) is 4.13. The summed E-state index contributed by atoms with van der Waals surface area (Å²) in [6, 6.07) is 16.6. The topological polar surface area (TPSA) is 76.1 Å².